The predicted octanol–water partition coefficient (Wildman–Crippen LogP) is 3.42. The van der Waals surface area contributed by atoms with Gasteiger partial charge in [0.05, 0.1) is 5.39 Å². The van der Waals surface area contributed by atoms with Crippen molar-refractivity contribution < 1.29 is 4.52 Å². The van der Waals surface area contributed by atoms with Crippen LogP contribution in [0.3, 0.4) is 0 Å². The van der Waals surface area contributed by atoms with E-state index in [1.165, 1.54) is 31.5 Å². The fraction of sp³-hybridized carbons (Fsp3) is 0.588. The third kappa shape index (κ3) is 1.96. The van der Waals surface area contributed by atoms with E-state index in [4.69, 9.17) is 4.52 Å². The molecule has 3 saturated heterocycles. The predicted molar refractivity (Wildman–Crippen MR) is 84.5 cm³/mol. The van der Waals surface area contributed by atoms with E-state index in [0.29, 0.717) is 6.04 Å². The lowest BCUT2D eigenvalue weighted by Gasteiger charge is -2.56. The quantitative estimate of drug-likeness (QED) is 0.918. The maximum atomic E-state index is 5.49. The Hall–Kier alpha value is -1.55. The molecule has 4 heteroatoms. The molecular formula is C17H23N3O. The van der Waals surface area contributed by atoms with Crippen molar-refractivity contribution in [2.75, 3.05) is 18.4 Å². The van der Waals surface area contributed by atoms with Crippen LogP contribution in [0, 0.1) is 12.8 Å². The smallest absolute Gasteiger partial charge is 0.177 e. The Labute approximate surface area is 125 Å². The minimum atomic E-state index is 0.178. The van der Waals surface area contributed by atoms with Crippen molar-refractivity contribution in [2.45, 2.75) is 45.2 Å². The molecule has 1 aromatic carbocycles. The topological polar surface area (TPSA) is 41.3 Å². The Balaban J connectivity index is 1.68. The van der Waals surface area contributed by atoms with Gasteiger partial charge in [0.1, 0.15) is 0 Å². The second-order valence-corrected chi connectivity index (χ2v) is 7.13. The second kappa shape index (κ2) is 4.47. The summed E-state index contributed by atoms with van der Waals surface area (Å²) in [6.45, 7) is 9.24. The first kappa shape index (κ1) is 13.1. The lowest BCUT2D eigenvalue weighted by Crippen LogP contribution is -2.66. The molecule has 1 atom stereocenters. The van der Waals surface area contributed by atoms with Crippen molar-refractivity contribution in [3.05, 3.63) is 23.8 Å². The fourth-order valence-corrected chi connectivity index (χ4v) is 4.17. The monoisotopic (exact) mass is 285 g/mol. The first-order chi connectivity index (χ1) is 10.1. The van der Waals surface area contributed by atoms with E-state index < -0.39 is 0 Å². The van der Waals surface area contributed by atoms with E-state index in [0.717, 1.165) is 22.7 Å². The van der Waals surface area contributed by atoms with Crippen LogP contribution >= 0.6 is 0 Å². The van der Waals surface area contributed by atoms with Gasteiger partial charge < -0.3 is 9.84 Å². The molecule has 0 spiro atoms. The summed E-state index contributed by atoms with van der Waals surface area (Å²) in [6, 6.07) is 6.72. The molecule has 4 nitrogen and oxygen atoms in total. The SMILES string of the molecule is Cc1ccc2c(N[C@H]3C4CCN(CC4)C3(C)C)noc2c1. The molecule has 2 aromatic rings. The summed E-state index contributed by atoms with van der Waals surface area (Å²) in [6.07, 6.45) is 2.58. The highest BCUT2D eigenvalue weighted by Crippen LogP contribution is 2.41. The molecule has 5 rings (SSSR count). The van der Waals surface area contributed by atoms with Gasteiger partial charge in [-0.25, -0.2) is 0 Å². The summed E-state index contributed by atoms with van der Waals surface area (Å²) in [5.74, 6) is 1.64. The van der Waals surface area contributed by atoms with E-state index in [1.807, 2.05) is 0 Å². The summed E-state index contributed by atoms with van der Waals surface area (Å²) < 4.78 is 5.49. The van der Waals surface area contributed by atoms with Crippen molar-refractivity contribution in [1.29, 1.82) is 0 Å². The Morgan fingerprint density at radius 1 is 1.29 bits per heavy atom. The van der Waals surface area contributed by atoms with Crippen LogP contribution in [0.15, 0.2) is 22.7 Å². The highest BCUT2D eigenvalue weighted by Gasteiger charge is 2.47. The summed E-state index contributed by atoms with van der Waals surface area (Å²) in [4.78, 5) is 2.61. The Morgan fingerprint density at radius 2 is 2.05 bits per heavy atom. The number of anilines is 1. The number of hydrogen-bond acceptors (Lipinski definition) is 4. The maximum absolute atomic E-state index is 5.49. The lowest BCUT2D eigenvalue weighted by atomic mass is 9.72. The zero-order valence-corrected chi connectivity index (χ0v) is 13.0. The first-order valence-electron chi connectivity index (χ1n) is 7.93. The van der Waals surface area contributed by atoms with E-state index in [-0.39, 0.29) is 5.54 Å². The molecule has 3 aliphatic heterocycles. The van der Waals surface area contributed by atoms with Gasteiger partial charge in [-0.15, -0.1) is 0 Å². The molecule has 0 unspecified atom stereocenters. The van der Waals surface area contributed by atoms with Gasteiger partial charge >= 0.3 is 0 Å². The molecule has 112 valence electrons. The van der Waals surface area contributed by atoms with Crippen LogP contribution in [-0.4, -0.2) is 34.7 Å². The molecule has 0 aliphatic carbocycles. The van der Waals surface area contributed by atoms with Gasteiger partial charge in [0.2, 0.25) is 0 Å². The highest BCUT2D eigenvalue weighted by atomic mass is 16.5. The third-order valence-corrected chi connectivity index (χ3v) is 5.51. The van der Waals surface area contributed by atoms with Crippen molar-refractivity contribution in [3.63, 3.8) is 0 Å². The van der Waals surface area contributed by atoms with Gasteiger partial charge in [0.15, 0.2) is 11.4 Å². The van der Waals surface area contributed by atoms with Crippen LogP contribution in [0.2, 0.25) is 0 Å². The van der Waals surface area contributed by atoms with Crippen LogP contribution in [0.1, 0.15) is 32.3 Å². The van der Waals surface area contributed by atoms with Gasteiger partial charge in [-0.3, -0.25) is 4.90 Å². The second-order valence-electron chi connectivity index (χ2n) is 7.13. The van der Waals surface area contributed by atoms with E-state index in [2.05, 4.69) is 54.3 Å². The third-order valence-electron chi connectivity index (χ3n) is 5.51. The molecule has 0 saturated carbocycles. The van der Waals surface area contributed by atoms with Crippen LogP contribution in [0.5, 0.6) is 0 Å². The van der Waals surface area contributed by atoms with Gasteiger partial charge in [-0.2, -0.15) is 0 Å². The van der Waals surface area contributed by atoms with Gasteiger partial charge in [0, 0.05) is 11.6 Å². The van der Waals surface area contributed by atoms with Crippen molar-refractivity contribution in [2.24, 2.45) is 5.92 Å². The molecule has 0 radical (unpaired) electrons. The number of fused-ring (bicyclic) bond motifs is 4. The number of piperidine rings is 3. The summed E-state index contributed by atoms with van der Waals surface area (Å²) in [5, 5.41) is 9.06. The molecular weight excluding hydrogens is 262 g/mol. The number of hydrogen-bond donors (Lipinski definition) is 1. The number of nitrogens with one attached hydrogen (secondary N) is 1. The first-order valence-corrected chi connectivity index (χ1v) is 7.93. The van der Waals surface area contributed by atoms with Crippen molar-refractivity contribution in [1.82, 2.24) is 10.1 Å². The largest absolute Gasteiger partial charge is 0.362 e. The molecule has 2 bridgehead atoms. The molecule has 3 aliphatic rings. The summed E-state index contributed by atoms with van der Waals surface area (Å²) in [5.41, 5.74) is 2.25. The average molecular weight is 285 g/mol. The number of nitrogens with zero attached hydrogens (tertiary/aromatic N) is 2. The molecule has 3 fully saturated rings. The lowest BCUT2D eigenvalue weighted by molar-refractivity contribution is -0.0189. The molecule has 0 amide bonds. The maximum Gasteiger partial charge on any atom is 0.177 e. The molecule has 4 heterocycles. The number of aryl methyl sites for hydroxylation is 1. The zero-order chi connectivity index (χ0) is 14.6. The Morgan fingerprint density at radius 3 is 2.76 bits per heavy atom. The number of benzene rings is 1. The average Bonchev–Trinajstić information content (AvgIpc) is 2.85. The highest BCUT2D eigenvalue weighted by molar-refractivity contribution is 5.88. The molecule has 21 heavy (non-hydrogen) atoms. The normalized spacial score (nSPS) is 30.7. The van der Waals surface area contributed by atoms with Gasteiger partial charge in [0.25, 0.3) is 0 Å². The van der Waals surface area contributed by atoms with Crippen molar-refractivity contribution >= 4 is 16.8 Å². The van der Waals surface area contributed by atoms with Gasteiger partial charge in [-0.1, -0.05) is 11.2 Å². The van der Waals surface area contributed by atoms with E-state index >= 15 is 0 Å². The van der Waals surface area contributed by atoms with Crippen LogP contribution < -0.4 is 5.32 Å². The number of rotatable bonds is 2. The Bertz CT molecular complexity index is 668. The molecule has 1 aromatic heterocycles. The summed E-state index contributed by atoms with van der Waals surface area (Å²) in [7, 11) is 0. The van der Waals surface area contributed by atoms with Crippen LogP contribution in [0.25, 0.3) is 11.0 Å². The van der Waals surface area contributed by atoms with Crippen LogP contribution in [-0.2, 0) is 0 Å². The Kier molecular flexibility index (Phi) is 2.80. The van der Waals surface area contributed by atoms with E-state index in [9.17, 15) is 0 Å². The van der Waals surface area contributed by atoms with Crippen molar-refractivity contribution in [3.8, 4) is 0 Å². The standard InChI is InChI=1S/C17H23N3O/c1-11-4-5-13-14(10-11)21-19-16(13)18-15-12-6-8-20(9-7-12)17(15,2)3/h4-5,10,12,15H,6-9H2,1-3H3,(H,18,19)/t15-/m0/s1. The van der Waals surface area contributed by atoms with E-state index in [1.54, 1.807) is 0 Å². The molecule has 1 N–H and O–H groups in total. The fourth-order valence-electron chi connectivity index (χ4n) is 4.17. The summed E-state index contributed by atoms with van der Waals surface area (Å²) >= 11 is 0. The number of aromatic nitrogens is 1. The van der Waals surface area contributed by atoms with Crippen LogP contribution in [0.4, 0.5) is 5.82 Å². The minimum absolute atomic E-state index is 0.178. The zero-order valence-electron chi connectivity index (χ0n) is 13.0. The minimum Gasteiger partial charge on any atom is -0.362 e. The van der Waals surface area contributed by atoms with Gasteiger partial charge in [-0.05, 0) is 70.3 Å².